The maximum absolute atomic E-state index is 13.9. The van der Waals surface area contributed by atoms with Gasteiger partial charge in [-0.25, -0.2) is 4.39 Å². The molecular weight excluding hydrogens is 245 g/mol. The molecule has 0 spiro atoms. The van der Waals surface area contributed by atoms with Crippen molar-refractivity contribution in [3.8, 4) is 17.6 Å². The van der Waals surface area contributed by atoms with Gasteiger partial charge in [-0.2, -0.15) is 5.26 Å². The van der Waals surface area contributed by atoms with E-state index < -0.39 is 5.82 Å². The lowest BCUT2D eigenvalue weighted by Gasteiger charge is -2.09. The summed E-state index contributed by atoms with van der Waals surface area (Å²) in [6.07, 6.45) is 0. The van der Waals surface area contributed by atoms with Gasteiger partial charge in [-0.3, -0.25) is 0 Å². The smallest absolute Gasteiger partial charge is 0.171 e. The van der Waals surface area contributed by atoms with Gasteiger partial charge in [0.1, 0.15) is 12.4 Å². The molecule has 0 fully saturated rings. The van der Waals surface area contributed by atoms with E-state index in [0.29, 0.717) is 16.9 Å². The summed E-state index contributed by atoms with van der Waals surface area (Å²) in [5.41, 5.74) is 0.908. The number of rotatable bonds is 4. The molecule has 2 aromatic carbocycles. The maximum atomic E-state index is 13.9. The van der Waals surface area contributed by atoms with Crippen LogP contribution in [0, 0.1) is 17.1 Å². The van der Waals surface area contributed by atoms with Crippen molar-refractivity contribution in [3.63, 3.8) is 0 Å². The van der Waals surface area contributed by atoms with Crippen molar-refractivity contribution in [2.45, 2.75) is 6.61 Å². The molecule has 0 amide bonds. The van der Waals surface area contributed by atoms with Crippen LogP contribution in [0.25, 0.3) is 0 Å². The zero-order valence-corrected chi connectivity index (χ0v) is 10.4. The third kappa shape index (κ3) is 3.02. The minimum atomic E-state index is -0.429. The first-order valence-electron chi connectivity index (χ1n) is 5.69. The Bertz CT molecular complexity index is 620. The second-order valence-electron chi connectivity index (χ2n) is 3.86. The number of halogens is 1. The molecule has 0 unspecified atom stereocenters. The average molecular weight is 257 g/mol. The van der Waals surface area contributed by atoms with Gasteiger partial charge < -0.3 is 9.47 Å². The van der Waals surface area contributed by atoms with E-state index in [-0.39, 0.29) is 12.4 Å². The van der Waals surface area contributed by atoms with Crippen molar-refractivity contribution in [1.82, 2.24) is 0 Å². The van der Waals surface area contributed by atoms with Gasteiger partial charge in [-0.15, -0.1) is 0 Å². The van der Waals surface area contributed by atoms with Gasteiger partial charge in [-0.1, -0.05) is 18.2 Å². The van der Waals surface area contributed by atoms with Crippen LogP contribution in [-0.4, -0.2) is 7.11 Å². The summed E-state index contributed by atoms with van der Waals surface area (Å²) in [6.45, 7) is 0.0813. The van der Waals surface area contributed by atoms with Crippen LogP contribution in [0.3, 0.4) is 0 Å². The monoisotopic (exact) mass is 257 g/mol. The number of hydrogen-bond acceptors (Lipinski definition) is 3. The molecule has 0 aliphatic heterocycles. The Balaban J connectivity index is 2.12. The third-order valence-corrected chi connectivity index (χ3v) is 2.62. The SMILES string of the molecule is COc1cccc(COc2cccc(C#N)c2)c1F. The Hall–Kier alpha value is -2.54. The van der Waals surface area contributed by atoms with E-state index in [1.807, 2.05) is 6.07 Å². The second-order valence-corrected chi connectivity index (χ2v) is 3.86. The molecule has 0 aliphatic rings. The standard InChI is InChI=1S/C15H12FNO2/c1-18-14-7-3-5-12(15(14)16)10-19-13-6-2-4-11(8-13)9-17/h2-8H,10H2,1H3. The van der Waals surface area contributed by atoms with Crippen LogP contribution >= 0.6 is 0 Å². The number of methoxy groups -OCH3 is 1. The van der Waals surface area contributed by atoms with Gasteiger partial charge in [0.15, 0.2) is 11.6 Å². The lowest BCUT2D eigenvalue weighted by molar-refractivity contribution is 0.295. The normalized spacial score (nSPS) is 9.74. The minimum Gasteiger partial charge on any atom is -0.494 e. The summed E-state index contributed by atoms with van der Waals surface area (Å²) in [6, 6.07) is 13.6. The molecular formula is C15H12FNO2. The highest BCUT2D eigenvalue weighted by Crippen LogP contribution is 2.22. The zero-order chi connectivity index (χ0) is 13.7. The maximum Gasteiger partial charge on any atom is 0.171 e. The van der Waals surface area contributed by atoms with Crippen molar-refractivity contribution in [2.24, 2.45) is 0 Å². The molecule has 4 heteroatoms. The quantitative estimate of drug-likeness (QED) is 0.844. The van der Waals surface area contributed by atoms with Crippen molar-refractivity contribution in [1.29, 1.82) is 5.26 Å². The lowest BCUT2D eigenvalue weighted by Crippen LogP contribution is -2.00. The molecule has 0 aromatic heterocycles. The fourth-order valence-corrected chi connectivity index (χ4v) is 1.64. The van der Waals surface area contributed by atoms with Crippen molar-refractivity contribution in [3.05, 3.63) is 59.4 Å². The van der Waals surface area contributed by atoms with E-state index in [1.54, 1.807) is 42.5 Å². The molecule has 19 heavy (non-hydrogen) atoms. The lowest BCUT2D eigenvalue weighted by atomic mass is 10.2. The number of nitrogens with zero attached hydrogens (tertiary/aromatic N) is 1. The number of ether oxygens (including phenoxy) is 2. The largest absolute Gasteiger partial charge is 0.494 e. The molecule has 96 valence electrons. The van der Waals surface area contributed by atoms with Gasteiger partial charge in [0, 0.05) is 5.56 Å². The fourth-order valence-electron chi connectivity index (χ4n) is 1.64. The number of nitriles is 1. The molecule has 0 radical (unpaired) electrons. The summed E-state index contributed by atoms with van der Waals surface area (Å²) in [7, 11) is 1.42. The topological polar surface area (TPSA) is 42.2 Å². The Morgan fingerprint density at radius 3 is 2.74 bits per heavy atom. The van der Waals surface area contributed by atoms with Crippen LogP contribution in [0.5, 0.6) is 11.5 Å². The van der Waals surface area contributed by atoms with E-state index in [4.69, 9.17) is 14.7 Å². The van der Waals surface area contributed by atoms with Crippen molar-refractivity contribution in [2.75, 3.05) is 7.11 Å². The van der Waals surface area contributed by atoms with E-state index in [9.17, 15) is 4.39 Å². The molecule has 2 rings (SSSR count). The third-order valence-electron chi connectivity index (χ3n) is 2.62. The molecule has 0 saturated heterocycles. The van der Waals surface area contributed by atoms with Gasteiger partial charge in [-0.05, 0) is 24.3 Å². The van der Waals surface area contributed by atoms with E-state index in [0.717, 1.165) is 0 Å². The summed E-state index contributed by atoms with van der Waals surface area (Å²) in [5.74, 6) is 0.287. The highest BCUT2D eigenvalue weighted by molar-refractivity contribution is 5.36. The second kappa shape index (κ2) is 5.87. The molecule has 2 aromatic rings. The molecule has 0 bridgehead atoms. The highest BCUT2D eigenvalue weighted by Gasteiger charge is 2.08. The van der Waals surface area contributed by atoms with E-state index in [1.165, 1.54) is 7.11 Å². The highest BCUT2D eigenvalue weighted by atomic mass is 19.1. The van der Waals surface area contributed by atoms with Crippen LogP contribution in [0.4, 0.5) is 4.39 Å². The average Bonchev–Trinajstić information content (AvgIpc) is 2.46. The van der Waals surface area contributed by atoms with Crippen molar-refractivity contribution >= 4 is 0 Å². The predicted molar refractivity (Wildman–Crippen MR) is 68.4 cm³/mol. The molecule has 0 heterocycles. The fraction of sp³-hybridized carbons (Fsp3) is 0.133. The molecule has 0 saturated carbocycles. The van der Waals surface area contributed by atoms with Crippen LogP contribution in [0.15, 0.2) is 42.5 Å². The van der Waals surface area contributed by atoms with Gasteiger partial charge in [0.25, 0.3) is 0 Å². The molecule has 0 atom stereocenters. The van der Waals surface area contributed by atoms with Crippen LogP contribution < -0.4 is 9.47 Å². The Kier molecular flexibility index (Phi) is 3.99. The predicted octanol–water partition coefficient (Wildman–Crippen LogP) is 3.28. The molecule has 0 N–H and O–H groups in total. The first kappa shape index (κ1) is 12.9. The van der Waals surface area contributed by atoms with Gasteiger partial charge in [0.2, 0.25) is 0 Å². The summed E-state index contributed by atoms with van der Waals surface area (Å²) >= 11 is 0. The molecule has 0 aliphatic carbocycles. The van der Waals surface area contributed by atoms with E-state index in [2.05, 4.69) is 0 Å². The molecule has 3 nitrogen and oxygen atoms in total. The first-order valence-corrected chi connectivity index (χ1v) is 5.69. The summed E-state index contributed by atoms with van der Waals surface area (Å²) in [4.78, 5) is 0. The zero-order valence-electron chi connectivity index (χ0n) is 10.4. The first-order chi connectivity index (χ1) is 9.24. The van der Waals surface area contributed by atoms with E-state index >= 15 is 0 Å². The summed E-state index contributed by atoms with van der Waals surface area (Å²) in [5, 5.41) is 8.78. The van der Waals surface area contributed by atoms with Crippen LogP contribution in [0.2, 0.25) is 0 Å². The van der Waals surface area contributed by atoms with Crippen molar-refractivity contribution < 1.29 is 13.9 Å². The van der Waals surface area contributed by atoms with Gasteiger partial charge >= 0.3 is 0 Å². The number of benzene rings is 2. The van der Waals surface area contributed by atoms with Crippen LogP contribution in [-0.2, 0) is 6.61 Å². The minimum absolute atomic E-state index is 0.0813. The van der Waals surface area contributed by atoms with Crippen LogP contribution in [0.1, 0.15) is 11.1 Å². The Morgan fingerprint density at radius 1 is 1.21 bits per heavy atom. The Labute approximate surface area is 110 Å². The Morgan fingerprint density at radius 2 is 2.00 bits per heavy atom. The summed E-state index contributed by atoms with van der Waals surface area (Å²) < 4.78 is 24.2. The number of hydrogen-bond donors (Lipinski definition) is 0. The van der Waals surface area contributed by atoms with Gasteiger partial charge in [0.05, 0.1) is 18.7 Å².